The lowest BCUT2D eigenvalue weighted by Gasteiger charge is -2.21. The number of methoxy groups -OCH3 is 2. The van der Waals surface area contributed by atoms with Crippen LogP contribution in [0, 0.1) is 33.5 Å². The number of rotatable bonds is 15. The van der Waals surface area contributed by atoms with E-state index in [4.69, 9.17) is 55.5 Å². The Balaban J connectivity index is 0.000000203. The van der Waals surface area contributed by atoms with Gasteiger partial charge in [0.1, 0.15) is 29.0 Å². The predicted molar refractivity (Wildman–Crippen MR) is 458 cm³/mol. The maximum absolute atomic E-state index is 13.4. The number of nitrogens with zero attached hydrogens (tertiary/aromatic N) is 12. The summed E-state index contributed by atoms with van der Waals surface area (Å²) in [6.45, 7) is 25.4. The molecule has 0 atom stereocenters. The van der Waals surface area contributed by atoms with E-state index < -0.39 is 52.5 Å². The van der Waals surface area contributed by atoms with Crippen LogP contribution in [-0.2, 0) is 55.8 Å². The summed E-state index contributed by atoms with van der Waals surface area (Å²) in [4.78, 5) is 48.9. The number of aromatic nitrogens is 12. The molecular formula is C87H96ClF13N20O2. The van der Waals surface area contributed by atoms with Crippen molar-refractivity contribution in [2.45, 2.75) is 152 Å². The molecule has 6 aromatic carbocycles. The number of aryl methyl sites for hydroxylation is 8. The molecule has 14 N–H and O–H groups in total. The van der Waals surface area contributed by atoms with E-state index in [1.165, 1.54) is 35.4 Å². The molecule has 0 aliphatic heterocycles. The van der Waals surface area contributed by atoms with Gasteiger partial charge in [-0.05, 0) is 201 Å². The van der Waals surface area contributed by atoms with Crippen LogP contribution in [0.25, 0.3) is 67.5 Å². The lowest BCUT2D eigenvalue weighted by molar-refractivity contribution is -0.141. The number of nitrogens with one attached hydrogen (secondary N) is 2. The molecule has 12 aromatic rings. The standard InChI is InChI=1S/C17H23N3O.C16H21N3O.C14H11F6N3.C14H14F3N3.C13H12ClF3N4.C13H15FN4/c1-6-12-10-14(20-16(18)19-12)13-9-11(17(2,3)4)7-8-15(13)21-5;1-5-12-9-14(19-16(17)18-12)13-8-11(10(2)3)6-7-15(13)20-4;1-2-8-6-11(23-12(21)22-8)9-5-7(13(15,16)17)3-4-10(9)14(18,19)20;1-3-10-7-12(20-13(18)19-10)11-6-9(14(15,16)17)5-4-8(11)2;1-6-3-8(13(15,16)17)9(14)4-7(6)10-5-11(19-2)21-12(18)20-10;1-7-5-10(14)8(2)4-9(7)11-6-12(16-3)18-13(15)17-11/h7-10H,6H2,1-5H3,(H2,18,19,20);6-10H,5H2,1-4H3,(H2,17,18,19);3-6H,2H2,1H3,(H2,21,22,23);4-7H,3H2,1-2H3,(H2,18,19,20);3-5H,1-2H3,(H3,18,19,20,21);4-6H,1-3H3,(H3,15,16,17,18). The topological polar surface area (TPSA) is 353 Å². The molecule has 0 spiro atoms. The highest BCUT2D eigenvalue weighted by atomic mass is 35.5. The molecule has 22 nitrogen and oxygen atoms in total. The summed E-state index contributed by atoms with van der Waals surface area (Å²) in [5, 5.41) is 5.34. The zero-order chi connectivity index (χ0) is 91.7. The van der Waals surface area contributed by atoms with Gasteiger partial charge in [0, 0.05) is 82.4 Å². The van der Waals surface area contributed by atoms with Crippen molar-refractivity contribution >= 4 is 58.9 Å². The van der Waals surface area contributed by atoms with E-state index in [0.29, 0.717) is 117 Å². The van der Waals surface area contributed by atoms with Crippen LogP contribution in [-0.4, -0.2) is 88.1 Å². The Hall–Kier alpha value is -12.8. The first-order valence-electron chi connectivity index (χ1n) is 38.1. The molecule has 0 unspecified atom stereocenters. The number of nitrogen functional groups attached to an aromatic ring is 6. The molecule has 0 radical (unpaired) electrons. The Morgan fingerprint density at radius 1 is 0.350 bits per heavy atom. The minimum Gasteiger partial charge on any atom is -0.496 e. The third kappa shape index (κ3) is 26.6. The second-order valence-electron chi connectivity index (χ2n) is 28.9. The van der Waals surface area contributed by atoms with Crippen LogP contribution in [0.5, 0.6) is 11.5 Å². The quantitative estimate of drug-likeness (QED) is 0.0442. The van der Waals surface area contributed by atoms with Gasteiger partial charge >= 0.3 is 24.7 Å². The van der Waals surface area contributed by atoms with Crippen LogP contribution in [0.2, 0.25) is 5.02 Å². The molecule has 12 rings (SSSR count). The van der Waals surface area contributed by atoms with Crippen LogP contribution in [0.4, 0.5) is 104 Å². The first kappa shape index (κ1) is 97.3. The third-order valence-corrected chi connectivity index (χ3v) is 18.9. The lowest BCUT2D eigenvalue weighted by atomic mass is 9.85. The number of ether oxygens (including phenoxy) is 2. The van der Waals surface area contributed by atoms with Gasteiger partial charge in [0.2, 0.25) is 35.7 Å². The van der Waals surface area contributed by atoms with Gasteiger partial charge in [-0.3, -0.25) is 0 Å². The zero-order valence-corrected chi connectivity index (χ0v) is 71.3. The average Bonchev–Trinajstić information content (AvgIpc) is 0.778. The summed E-state index contributed by atoms with van der Waals surface area (Å²) in [6.07, 6.45) is -15.9. The van der Waals surface area contributed by atoms with Gasteiger partial charge in [-0.15, -0.1) is 0 Å². The molecule has 0 bridgehead atoms. The van der Waals surface area contributed by atoms with Gasteiger partial charge in [-0.1, -0.05) is 92.1 Å². The molecule has 0 fully saturated rings. The molecule has 0 aliphatic carbocycles. The van der Waals surface area contributed by atoms with Crippen molar-refractivity contribution in [2.75, 3.05) is 73.4 Å². The van der Waals surface area contributed by atoms with Crippen LogP contribution >= 0.6 is 11.6 Å². The summed E-state index contributed by atoms with van der Waals surface area (Å²) >= 11 is 5.74. The zero-order valence-electron chi connectivity index (χ0n) is 70.5. The summed E-state index contributed by atoms with van der Waals surface area (Å²) in [7, 11) is 6.74. The van der Waals surface area contributed by atoms with Crippen LogP contribution in [0.3, 0.4) is 0 Å². The Labute approximate surface area is 708 Å². The second-order valence-corrected chi connectivity index (χ2v) is 29.3. The fraction of sp³-hybridized carbons (Fsp3) is 0.310. The van der Waals surface area contributed by atoms with Crippen molar-refractivity contribution in [3.05, 3.63) is 223 Å². The average molecular weight is 1740 g/mol. The van der Waals surface area contributed by atoms with Crippen molar-refractivity contribution in [1.82, 2.24) is 59.8 Å². The van der Waals surface area contributed by atoms with Crippen molar-refractivity contribution in [3.8, 4) is 79.0 Å². The van der Waals surface area contributed by atoms with Gasteiger partial charge < -0.3 is 54.5 Å². The predicted octanol–water partition coefficient (Wildman–Crippen LogP) is 21.2. The van der Waals surface area contributed by atoms with Crippen LogP contribution in [0.1, 0.15) is 147 Å². The van der Waals surface area contributed by atoms with E-state index in [9.17, 15) is 57.1 Å². The molecule has 6 heterocycles. The molecule has 0 amide bonds. The normalized spacial score (nSPS) is 11.4. The van der Waals surface area contributed by atoms with E-state index in [1.54, 1.807) is 80.3 Å². The Bertz CT molecular complexity index is 5690. The molecular weight excluding hydrogens is 1640 g/mol. The van der Waals surface area contributed by atoms with Crippen molar-refractivity contribution in [2.24, 2.45) is 0 Å². The SMILES string of the molecule is CCc1cc(-c2cc(C(C)(C)C)ccc2OC)nc(N)n1.CCc1cc(-c2cc(C(C)C)ccc2OC)nc(N)n1.CCc1cc(-c2cc(C(F)(F)F)ccc2C(F)(F)F)nc(N)n1.CCc1cc(-c2cc(C(F)(F)F)ccc2C)nc(N)n1.CNc1cc(-c2cc(C)c(F)cc2C)nc(N)n1.CNc1cc(-c2cc(Cl)c(C(F)(F)F)cc2C)nc(N)n1. The largest absolute Gasteiger partial charge is 0.496 e. The van der Waals surface area contributed by atoms with Gasteiger partial charge in [0.05, 0.1) is 75.7 Å². The van der Waals surface area contributed by atoms with E-state index in [2.05, 4.69) is 129 Å². The highest BCUT2D eigenvalue weighted by Crippen LogP contribution is 2.44. The number of halogens is 14. The minimum atomic E-state index is -4.83. The number of hydrogen-bond acceptors (Lipinski definition) is 22. The Morgan fingerprint density at radius 3 is 1.07 bits per heavy atom. The minimum absolute atomic E-state index is 0.0206. The maximum Gasteiger partial charge on any atom is 0.417 e. The van der Waals surface area contributed by atoms with Gasteiger partial charge in [-0.2, -0.15) is 62.7 Å². The maximum atomic E-state index is 13.4. The summed E-state index contributed by atoms with van der Waals surface area (Å²) < 4.78 is 179. The molecule has 0 saturated heterocycles. The summed E-state index contributed by atoms with van der Waals surface area (Å²) in [5.41, 5.74) is 43.6. The van der Waals surface area contributed by atoms with Crippen molar-refractivity contribution in [3.63, 3.8) is 0 Å². The molecule has 36 heteroatoms. The van der Waals surface area contributed by atoms with Crippen LogP contribution in [0.15, 0.2) is 133 Å². The first-order chi connectivity index (χ1) is 57.4. The summed E-state index contributed by atoms with van der Waals surface area (Å²) in [6, 6.07) is 32.8. The van der Waals surface area contributed by atoms with Gasteiger partial charge in [0.25, 0.3) is 0 Å². The smallest absolute Gasteiger partial charge is 0.417 e. The van der Waals surface area contributed by atoms with Crippen molar-refractivity contribution < 1.29 is 66.5 Å². The monoisotopic (exact) mass is 1730 g/mol. The fourth-order valence-corrected chi connectivity index (χ4v) is 12.2. The number of hydrogen-bond donors (Lipinski definition) is 8. The van der Waals surface area contributed by atoms with Gasteiger partial charge in [0.15, 0.2) is 0 Å². The Kier molecular flexibility index (Phi) is 32.6. The number of alkyl halides is 12. The van der Waals surface area contributed by atoms with E-state index >= 15 is 0 Å². The fourth-order valence-electron chi connectivity index (χ4n) is 12.0. The number of nitrogens with two attached hydrogens (primary N) is 6. The van der Waals surface area contributed by atoms with E-state index in [1.807, 2.05) is 52.0 Å². The highest BCUT2D eigenvalue weighted by molar-refractivity contribution is 6.31. The highest BCUT2D eigenvalue weighted by Gasteiger charge is 2.39. The molecule has 6 aromatic heterocycles. The van der Waals surface area contributed by atoms with Crippen LogP contribution < -0.4 is 54.5 Å². The molecule has 0 aliphatic rings. The van der Waals surface area contributed by atoms with E-state index in [0.717, 1.165) is 87.6 Å². The summed E-state index contributed by atoms with van der Waals surface area (Å²) in [5.74, 6) is 3.51. The molecule has 654 valence electrons. The van der Waals surface area contributed by atoms with E-state index in [-0.39, 0.29) is 45.7 Å². The number of anilines is 8. The molecule has 123 heavy (non-hydrogen) atoms. The first-order valence-corrected chi connectivity index (χ1v) is 38.5. The molecule has 0 saturated carbocycles. The third-order valence-electron chi connectivity index (χ3n) is 18.6. The van der Waals surface area contributed by atoms with Gasteiger partial charge in [-0.25, -0.2) is 54.2 Å². The van der Waals surface area contributed by atoms with Crippen molar-refractivity contribution in [1.29, 1.82) is 0 Å². The second kappa shape index (κ2) is 41.2. The Morgan fingerprint density at radius 2 is 0.683 bits per heavy atom. The lowest BCUT2D eigenvalue weighted by Crippen LogP contribution is -2.12. The number of benzene rings is 6.